The SMILES string of the molecule is N#Cc1ccc(-c2nncn2C2CC2)nc1. The quantitative estimate of drug-likeness (QED) is 0.755. The lowest BCUT2D eigenvalue weighted by Crippen LogP contribution is -1.97. The molecule has 0 unspecified atom stereocenters. The summed E-state index contributed by atoms with van der Waals surface area (Å²) in [6.45, 7) is 0. The van der Waals surface area contributed by atoms with Crippen LogP contribution in [-0.2, 0) is 0 Å². The van der Waals surface area contributed by atoms with Crippen molar-refractivity contribution < 1.29 is 0 Å². The van der Waals surface area contributed by atoms with Gasteiger partial charge in [-0.3, -0.25) is 4.98 Å². The first-order valence-electron chi connectivity index (χ1n) is 5.14. The average molecular weight is 211 g/mol. The number of hydrogen-bond donors (Lipinski definition) is 0. The molecular weight excluding hydrogens is 202 g/mol. The molecule has 3 rings (SSSR count). The molecule has 0 aliphatic heterocycles. The van der Waals surface area contributed by atoms with Crippen LogP contribution in [0.3, 0.4) is 0 Å². The predicted octanol–water partition coefficient (Wildman–Crippen LogP) is 1.55. The highest BCUT2D eigenvalue weighted by molar-refractivity contribution is 5.50. The second-order valence-corrected chi connectivity index (χ2v) is 3.84. The number of aromatic nitrogens is 4. The van der Waals surface area contributed by atoms with E-state index in [1.807, 2.05) is 10.6 Å². The van der Waals surface area contributed by atoms with Crippen LogP contribution in [0.15, 0.2) is 24.7 Å². The average Bonchev–Trinajstić information content (AvgIpc) is 3.07. The molecule has 0 spiro atoms. The fourth-order valence-corrected chi connectivity index (χ4v) is 1.64. The molecule has 0 amide bonds. The highest BCUT2D eigenvalue weighted by Gasteiger charge is 2.26. The van der Waals surface area contributed by atoms with Gasteiger partial charge < -0.3 is 4.57 Å². The third kappa shape index (κ3) is 1.44. The van der Waals surface area contributed by atoms with Crippen LogP contribution in [0.25, 0.3) is 11.5 Å². The molecule has 1 fully saturated rings. The Labute approximate surface area is 92.4 Å². The first-order chi connectivity index (χ1) is 7.88. The number of nitrogens with zero attached hydrogens (tertiary/aromatic N) is 5. The van der Waals surface area contributed by atoms with Crippen molar-refractivity contribution in [2.24, 2.45) is 0 Å². The second-order valence-electron chi connectivity index (χ2n) is 3.84. The van der Waals surface area contributed by atoms with Crippen LogP contribution in [-0.4, -0.2) is 19.7 Å². The van der Waals surface area contributed by atoms with Gasteiger partial charge in [0.2, 0.25) is 0 Å². The zero-order valence-electron chi connectivity index (χ0n) is 8.54. The van der Waals surface area contributed by atoms with E-state index in [-0.39, 0.29) is 0 Å². The van der Waals surface area contributed by atoms with Gasteiger partial charge in [0.05, 0.1) is 5.56 Å². The van der Waals surface area contributed by atoms with Crippen LogP contribution in [0.1, 0.15) is 24.4 Å². The van der Waals surface area contributed by atoms with Crippen molar-refractivity contribution in [3.8, 4) is 17.6 Å². The standard InChI is InChI=1S/C11H9N5/c12-5-8-1-4-10(13-6-8)11-15-14-7-16(11)9-2-3-9/h1,4,6-7,9H,2-3H2. The summed E-state index contributed by atoms with van der Waals surface area (Å²) in [6, 6.07) is 6.13. The first-order valence-corrected chi connectivity index (χ1v) is 5.14. The largest absolute Gasteiger partial charge is 0.309 e. The highest BCUT2D eigenvalue weighted by Crippen LogP contribution is 2.37. The number of pyridine rings is 1. The summed E-state index contributed by atoms with van der Waals surface area (Å²) in [5, 5.41) is 16.7. The van der Waals surface area contributed by atoms with Gasteiger partial charge in [0, 0.05) is 12.2 Å². The van der Waals surface area contributed by atoms with Crippen molar-refractivity contribution in [1.82, 2.24) is 19.7 Å². The Morgan fingerprint density at radius 3 is 2.88 bits per heavy atom. The van der Waals surface area contributed by atoms with Crippen LogP contribution >= 0.6 is 0 Å². The summed E-state index contributed by atoms with van der Waals surface area (Å²) < 4.78 is 2.05. The fraction of sp³-hybridized carbons (Fsp3) is 0.273. The minimum atomic E-state index is 0.530. The molecule has 1 aliphatic carbocycles. The Kier molecular flexibility index (Phi) is 1.93. The summed E-state index contributed by atoms with van der Waals surface area (Å²) in [7, 11) is 0. The fourth-order valence-electron chi connectivity index (χ4n) is 1.64. The van der Waals surface area contributed by atoms with Crippen molar-refractivity contribution in [2.45, 2.75) is 18.9 Å². The van der Waals surface area contributed by atoms with E-state index in [1.54, 1.807) is 24.7 Å². The van der Waals surface area contributed by atoms with E-state index in [1.165, 1.54) is 12.8 Å². The number of hydrogen-bond acceptors (Lipinski definition) is 4. The van der Waals surface area contributed by atoms with Crippen LogP contribution in [0, 0.1) is 11.3 Å². The monoisotopic (exact) mass is 211 g/mol. The molecule has 5 heteroatoms. The van der Waals surface area contributed by atoms with Crippen LogP contribution in [0.2, 0.25) is 0 Å². The molecule has 2 aromatic heterocycles. The molecular formula is C11H9N5. The van der Waals surface area contributed by atoms with Crippen molar-refractivity contribution in [2.75, 3.05) is 0 Å². The molecule has 1 aliphatic rings. The van der Waals surface area contributed by atoms with Crippen molar-refractivity contribution in [3.05, 3.63) is 30.2 Å². The van der Waals surface area contributed by atoms with Gasteiger partial charge in [-0.2, -0.15) is 5.26 Å². The van der Waals surface area contributed by atoms with Gasteiger partial charge >= 0.3 is 0 Å². The van der Waals surface area contributed by atoms with Gasteiger partial charge in [0.25, 0.3) is 0 Å². The summed E-state index contributed by atoms with van der Waals surface area (Å²) in [4.78, 5) is 4.22. The molecule has 0 N–H and O–H groups in total. The third-order valence-electron chi connectivity index (χ3n) is 2.64. The molecule has 0 atom stereocenters. The zero-order valence-corrected chi connectivity index (χ0v) is 8.54. The van der Waals surface area contributed by atoms with Gasteiger partial charge in [-0.25, -0.2) is 0 Å². The van der Waals surface area contributed by atoms with Gasteiger partial charge in [0.15, 0.2) is 5.82 Å². The summed E-state index contributed by atoms with van der Waals surface area (Å²) >= 11 is 0. The van der Waals surface area contributed by atoms with E-state index in [0.29, 0.717) is 11.6 Å². The molecule has 2 heterocycles. The van der Waals surface area contributed by atoms with Gasteiger partial charge in [0.1, 0.15) is 18.1 Å². The summed E-state index contributed by atoms with van der Waals surface area (Å²) in [5.74, 6) is 0.784. The predicted molar refractivity (Wildman–Crippen MR) is 56.2 cm³/mol. The Hall–Kier alpha value is -2.22. The first kappa shape index (κ1) is 9.04. The summed E-state index contributed by atoms with van der Waals surface area (Å²) in [6.07, 6.45) is 5.66. The van der Waals surface area contributed by atoms with E-state index < -0.39 is 0 Å². The van der Waals surface area contributed by atoms with E-state index in [2.05, 4.69) is 15.2 Å². The molecule has 16 heavy (non-hydrogen) atoms. The lowest BCUT2D eigenvalue weighted by atomic mass is 10.2. The Morgan fingerprint density at radius 2 is 2.25 bits per heavy atom. The molecule has 0 radical (unpaired) electrons. The van der Waals surface area contributed by atoms with E-state index in [4.69, 9.17) is 5.26 Å². The van der Waals surface area contributed by atoms with Crippen LogP contribution in [0.4, 0.5) is 0 Å². The molecule has 0 aromatic carbocycles. The topological polar surface area (TPSA) is 67.4 Å². The van der Waals surface area contributed by atoms with Crippen LogP contribution < -0.4 is 0 Å². The molecule has 5 nitrogen and oxygen atoms in total. The smallest absolute Gasteiger partial charge is 0.182 e. The van der Waals surface area contributed by atoms with E-state index in [9.17, 15) is 0 Å². The third-order valence-corrected chi connectivity index (χ3v) is 2.64. The molecule has 0 saturated heterocycles. The molecule has 78 valence electrons. The minimum Gasteiger partial charge on any atom is -0.309 e. The zero-order chi connectivity index (χ0) is 11.0. The molecule has 2 aromatic rings. The lowest BCUT2D eigenvalue weighted by molar-refractivity contribution is 0.744. The molecule has 1 saturated carbocycles. The van der Waals surface area contributed by atoms with E-state index in [0.717, 1.165) is 11.5 Å². The minimum absolute atomic E-state index is 0.530. The second kappa shape index (κ2) is 3.42. The van der Waals surface area contributed by atoms with Crippen molar-refractivity contribution in [1.29, 1.82) is 5.26 Å². The Balaban J connectivity index is 2.01. The molecule has 0 bridgehead atoms. The van der Waals surface area contributed by atoms with Gasteiger partial charge in [-0.15, -0.1) is 10.2 Å². The van der Waals surface area contributed by atoms with Gasteiger partial charge in [-0.05, 0) is 25.0 Å². The maximum Gasteiger partial charge on any atom is 0.182 e. The maximum absolute atomic E-state index is 8.69. The Morgan fingerprint density at radius 1 is 1.38 bits per heavy atom. The van der Waals surface area contributed by atoms with E-state index >= 15 is 0 Å². The van der Waals surface area contributed by atoms with Crippen LogP contribution in [0.5, 0.6) is 0 Å². The lowest BCUT2D eigenvalue weighted by Gasteiger charge is -2.03. The van der Waals surface area contributed by atoms with Gasteiger partial charge in [-0.1, -0.05) is 0 Å². The number of nitriles is 1. The maximum atomic E-state index is 8.69. The Bertz CT molecular complexity index is 544. The summed E-state index contributed by atoms with van der Waals surface area (Å²) in [5.41, 5.74) is 1.32. The highest BCUT2D eigenvalue weighted by atomic mass is 15.3. The van der Waals surface area contributed by atoms with Crippen molar-refractivity contribution >= 4 is 0 Å². The number of rotatable bonds is 2. The van der Waals surface area contributed by atoms with Crippen molar-refractivity contribution in [3.63, 3.8) is 0 Å². The normalized spacial score (nSPS) is 14.7.